The van der Waals surface area contributed by atoms with E-state index in [-0.39, 0.29) is 23.7 Å². The Bertz CT molecular complexity index is 490. The van der Waals surface area contributed by atoms with Crippen molar-refractivity contribution in [1.29, 1.82) is 0 Å². The maximum Gasteiger partial charge on any atom is 0.223 e. The third-order valence-corrected chi connectivity index (χ3v) is 3.68. The van der Waals surface area contributed by atoms with Crippen molar-refractivity contribution in [3.8, 4) is 0 Å². The molecule has 1 aliphatic rings. The van der Waals surface area contributed by atoms with Gasteiger partial charge in [0.1, 0.15) is 0 Å². The minimum Gasteiger partial charge on any atom is -0.370 e. The quantitative estimate of drug-likeness (QED) is 0.780. The van der Waals surface area contributed by atoms with Crippen LogP contribution < -0.4 is 11.1 Å². The van der Waals surface area contributed by atoms with Crippen molar-refractivity contribution in [2.75, 3.05) is 6.54 Å². The molecule has 0 aromatic heterocycles. The molecular weight excluding hydrogens is 264 g/mol. The van der Waals surface area contributed by atoms with E-state index in [9.17, 15) is 9.59 Å². The van der Waals surface area contributed by atoms with Gasteiger partial charge in [0.2, 0.25) is 11.8 Å². The number of nitrogens with one attached hydrogen (secondary N) is 1. The SMILES string of the molecule is NC(=O)CCCNC(=O)[C@@H]1C[C@@H]1c1ccccc1Cl. The molecule has 3 N–H and O–H groups in total. The second-order valence-electron chi connectivity index (χ2n) is 4.83. The summed E-state index contributed by atoms with van der Waals surface area (Å²) in [6.45, 7) is 0.494. The average molecular weight is 281 g/mol. The normalized spacial score (nSPS) is 20.9. The van der Waals surface area contributed by atoms with Gasteiger partial charge >= 0.3 is 0 Å². The molecule has 0 aliphatic heterocycles. The number of benzene rings is 1. The first-order chi connectivity index (χ1) is 9.09. The first kappa shape index (κ1) is 13.9. The predicted octanol–water partition coefficient (Wildman–Crippen LogP) is 1.83. The first-order valence-corrected chi connectivity index (χ1v) is 6.78. The van der Waals surface area contributed by atoms with E-state index in [2.05, 4.69) is 5.32 Å². The zero-order chi connectivity index (χ0) is 13.8. The van der Waals surface area contributed by atoms with Gasteiger partial charge < -0.3 is 11.1 Å². The number of primary amides is 1. The molecule has 2 amide bonds. The van der Waals surface area contributed by atoms with Crippen molar-refractivity contribution < 1.29 is 9.59 Å². The first-order valence-electron chi connectivity index (χ1n) is 6.40. The Morgan fingerprint density at radius 2 is 2.11 bits per heavy atom. The van der Waals surface area contributed by atoms with Gasteiger partial charge in [0, 0.05) is 23.9 Å². The highest BCUT2D eigenvalue weighted by molar-refractivity contribution is 6.31. The van der Waals surface area contributed by atoms with Crippen LogP contribution in [0.3, 0.4) is 0 Å². The zero-order valence-electron chi connectivity index (χ0n) is 10.6. The van der Waals surface area contributed by atoms with E-state index < -0.39 is 0 Å². The molecule has 0 bridgehead atoms. The summed E-state index contributed by atoms with van der Waals surface area (Å²) in [6.07, 6.45) is 1.73. The fourth-order valence-electron chi connectivity index (χ4n) is 2.21. The lowest BCUT2D eigenvalue weighted by Gasteiger charge is -2.05. The van der Waals surface area contributed by atoms with Gasteiger partial charge in [0.25, 0.3) is 0 Å². The summed E-state index contributed by atoms with van der Waals surface area (Å²) in [5.41, 5.74) is 6.07. The Kier molecular flexibility index (Phi) is 4.43. The molecule has 1 aliphatic carbocycles. The number of carbonyl (C=O) groups is 2. The predicted molar refractivity (Wildman–Crippen MR) is 73.7 cm³/mol. The Hall–Kier alpha value is -1.55. The van der Waals surface area contributed by atoms with Gasteiger partial charge in [-0.05, 0) is 30.4 Å². The molecule has 0 unspecified atom stereocenters. The molecule has 0 saturated heterocycles. The van der Waals surface area contributed by atoms with Crippen LogP contribution in [0.5, 0.6) is 0 Å². The molecule has 0 spiro atoms. The average Bonchev–Trinajstić information content (AvgIpc) is 3.15. The second kappa shape index (κ2) is 6.06. The monoisotopic (exact) mass is 280 g/mol. The molecule has 1 saturated carbocycles. The van der Waals surface area contributed by atoms with Gasteiger partial charge in [-0.1, -0.05) is 29.8 Å². The van der Waals surface area contributed by atoms with Crippen molar-refractivity contribution >= 4 is 23.4 Å². The standard InChI is InChI=1S/C14H17ClN2O2/c15-12-5-2-1-4-9(12)10-8-11(10)14(19)17-7-3-6-13(16)18/h1-2,4-5,10-11H,3,6-8H2,(H2,16,18)(H,17,19)/t10-,11-/m1/s1. The Balaban J connectivity index is 1.78. The lowest BCUT2D eigenvalue weighted by Crippen LogP contribution is -2.27. The van der Waals surface area contributed by atoms with Crippen LogP contribution in [0.2, 0.25) is 5.02 Å². The number of rotatable bonds is 6. The maximum absolute atomic E-state index is 11.9. The summed E-state index contributed by atoms with van der Waals surface area (Å²) in [4.78, 5) is 22.4. The van der Waals surface area contributed by atoms with Crippen LogP contribution in [0.15, 0.2) is 24.3 Å². The lowest BCUT2D eigenvalue weighted by molar-refractivity contribution is -0.123. The molecule has 2 rings (SSSR count). The maximum atomic E-state index is 11.9. The minimum atomic E-state index is -0.338. The van der Waals surface area contributed by atoms with E-state index in [0.717, 1.165) is 17.0 Å². The third kappa shape index (κ3) is 3.70. The van der Waals surface area contributed by atoms with Crippen LogP contribution >= 0.6 is 11.6 Å². The van der Waals surface area contributed by atoms with Crippen LogP contribution in [0.1, 0.15) is 30.7 Å². The topological polar surface area (TPSA) is 72.2 Å². The van der Waals surface area contributed by atoms with Crippen molar-refractivity contribution in [3.63, 3.8) is 0 Å². The van der Waals surface area contributed by atoms with Crippen molar-refractivity contribution in [2.45, 2.75) is 25.2 Å². The van der Waals surface area contributed by atoms with Crippen LogP contribution in [0, 0.1) is 5.92 Å². The molecule has 2 atom stereocenters. The van der Waals surface area contributed by atoms with E-state index in [4.69, 9.17) is 17.3 Å². The van der Waals surface area contributed by atoms with E-state index in [1.165, 1.54) is 0 Å². The van der Waals surface area contributed by atoms with Gasteiger partial charge in [-0.2, -0.15) is 0 Å². The number of halogens is 1. The number of nitrogens with two attached hydrogens (primary N) is 1. The highest BCUT2D eigenvalue weighted by atomic mass is 35.5. The van der Waals surface area contributed by atoms with Crippen LogP contribution in [-0.4, -0.2) is 18.4 Å². The Morgan fingerprint density at radius 3 is 2.79 bits per heavy atom. The number of carbonyl (C=O) groups excluding carboxylic acids is 2. The molecule has 19 heavy (non-hydrogen) atoms. The molecule has 0 radical (unpaired) electrons. The summed E-state index contributed by atoms with van der Waals surface area (Å²) < 4.78 is 0. The molecule has 102 valence electrons. The van der Waals surface area contributed by atoms with Gasteiger partial charge in [-0.25, -0.2) is 0 Å². The van der Waals surface area contributed by atoms with Crippen LogP contribution in [-0.2, 0) is 9.59 Å². The van der Waals surface area contributed by atoms with Gasteiger partial charge in [-0.3, -0.25) is 9.59 Å². The fraction of sp³-hybridized carbons (Fsp3) is 0.429. The van der Waals surface area contributed by atoms with Gasteiger partial charge in [0.05, 0.1) is 0 Å². The Labute approximate surface area is 117 Å². The summed E-state index contributed by atoms with van der Waals surface area (Å²) in [5.74, 6) is -0.0673. The minimum absolute atomic E-state index is 0.00785. The zero-order valence-corrected chi connectivity index (χ0v) is 11.3. The van der Waals surface area contributed by atoms with Crippen molar-refractivity contribution in [3.05, 3.63) is 34.9 Å². The summed E-state index contributed by atoms with van der Waals surface area (Å²) in [7, 11) is 0. The number of amides is 2. The van der Waals surface area contributed by atoms with E-state index in [0.29, 0.717) is 19.4 Å². The van der Waals surface area contributed by atoms with Gasteiger partial charge in [-0.15, -0.1) is 0 Å². The second-order valence-corrected chi connectivity index (χ2v) is 5.24. The van der Waals surface area contributed by atoms with Crippen LogP contribution in [0.4, 0.5) is 0 Å². The largest absolute Gasteiger partial charge is 0.370 e. The third-order valence-electron chi connectivity index (χ3n) is 3.33. The lowest BCUT2D eigenvalue weighted by atomic mass is 10.1. The van der Waals surface area contributed by atoms with Crippen molar-refractivity contribution in [2.24, 2.45) is 11.7 Å². The molecule has 4 nitrogen and oxygen atoms in total. The van der Waals surface area contributed by atoms with E-state index in [1.54, 1.807) is 0 Å². The molecular formula is C14H17ClN2O2. The molecule has 5 heteroatoms. The van der Waals surface area contributed by atoms with Gasteiger partial charge in [0.15, 0.2) is 0 Å². The van der Waals surface area contributed by atoms with E-state index >= 15 is 0 Å². The number of hydrogen-bond acceptors (Lipinski definition) is 2. The van der Waals surface area contributed by atoms with Crippen molar-refractivity contribution in [1.82, 2.24) is 5.32 Å². The highest BCUT2D eigenvalue weighted by Gasteiger charge is 2.44. The Morgan fingerprint density at radius 1 is 1.37 bits per heavy atom. The summed E-state index contributed by atoms with van der Waals surface area (Å²) >= 11 is 6.11. The molecule has 1 aromatic rings. The highest BCUT2D eigenvalue weighted by Crippen LogP contribution is 2.49. The smallest absolute Gasteiger partial charge is 0.223 e. The number of hydrogen-bond donors (Lipinski definition) is 2. The van der Waals surface area contributed by atoms with Crippen LogP contribution in [0.25, 0.3) is 0 Å². The summed E-state index contributed by atoms with van der Waals surface area (Å²) in [5, 5.41) is 3.55. The molecule has 1 fully saturated rings. The molecule has 0 heterocycles. The molecule has 1 aromatic carbocycles. The van der Waals surface area contributed by atoms with E-state index in [1.807, 2.05) is 24.3 Å². The fourth-order valence-corrected chi connectivity index (χ4v) is 2.49. The summed E-state index contributed by atoms with van der Waals surface area (Å²) in [6, 6.07) is 7.62.